The Morgan fingerprint density at radius 3 is 3.11 bits per heavy atom. The maximum Gasteiger partial charge on any atom is 0.220 e. The minimum Gasteiger partial charge on any atom is -0.368 e. The number of rotatable bonds is 2. The normalized spacial score (nSPS) is 15.6. The Morgan fingerprint density at radius 1 is 1.44 bits per heavy atom. The van der Waals surface area contributed by atoms with Crippen LogP contribution >= 0.6 is 11.3 Å². The number of anilines is 1. The summed E-state index contributed by atoms with van der Waals surface area (Å²) in [4.78, 5) is 16.4. The van der Waals surface area contributed by atoms with E-state index < -0.39 is 0 Å². The second-order valence-corrected chi connectivity index (χ2v) is 5.46. The molecule has 18 heavy (non-hydrogen) atoms. The molecular formula is C12H15N5S. The summed E-state index contributed by atoms with van der Waals surface area (Å²) in [6.45, 7) is 4.93. The van der Waals surface area contributed by atoms with Crippen molar-refractivity contribution < 1.29 is 0 Å². The molecule has 5 nitrogen and oxygen atoms in total. The Labute approximate surface area is 110 Å². The van der Waals surface area contributed by atoms with Gasteiger partial charge in [-0.05, 0) is 6.92 Å². The number of hydrogen-bond donors (Lipinski definition) is 1. The van der Waals surface area contributed by atoms with E-state index in [0.717, 1.165) is 37.4 Å². The number of nitrogens with zero attached hydrogens (tertiary/aromatic N) is 4. The first-order valence-electron chi connectivity index (χ1n) is 5.94. The van der Waals surface area contributed by atoms with Gasteiger partial charge in [0.05, 0.1) is 16.9 Å². The number of hydrogen-bond acceptors (Lipinski definition) is 6. The van der Waals surface area contributed by atoms with Crippen molar-refractivity contribution in [3.8, 4) is 0 Å². The lowest BCUT2D eigenvalue weighted by Crippen LogP contribution is -2.31. The van der Waals surface area contributed by atoms with Crippen LogP contribution in [0, 0.1) is 6.92 Å². The first kappa shape index (κ1) is 11.6. The number of nitrogen functional groups attached to an aromatic ring is 1. The van der Waals surface area contributed by atoms with Crippen molar-refractivity contribution in [2.24, 2.45) is 0 Å². The molecule has 1 aliphatic heterocycles. The average Bonchev–Trinajstić information content (AvgIpc) is 2.75. The third-order valence-corrected chi connectivity index (χ3v) is 4.16. The topological polar surface area (TPSA) is 67.9 Å². The van der Waals surface area contributed by atoms with Crippen LogP contribution in [0.4, 0.5) is 5.95 Å². The van der Waals surface area contributed by atoms with Crippen LogP contribution in [-0.2, 0) is 19.5 Å². The molecule has 0 aromatic carbocycles. The molecule has 0 saturated carbocycles. The predicted molar refractivity (Wildman–Crippen MR) is 71.1 cm³/mol. The van der Waals surface area contributed by atoms with E-state index in [1.54, 1.807) is 11.3 Å². The monoisotopic (exact) mass is 261 g/mol. The van der Waals surface area contributed by atoms with Gasteiger partial charge < -0.3 is 5.73 Å². The van der Waals surface area contributed by atoms with Crippen molar-refractivity contribution in [2.45, 2.75) is 26.4 Å². The third kappa shape index (κ3) is 2.21. The van der Waals surface area contributed by atoms with Gasteiger partial charge in [0.15, 0.2) is 0 Å². The second-order valence-electron chi connectivity index (χ2n) is 4.52. The van der Waals surface area contributed by atoms with Crippen molar-refractivity contribution in [3.05, 3.63) is 33.5 Å². The highest BCUT2D eigenvalue weighted by Crippen LogP contribution is 2.21. The first-order valence-corrected chi connectivity index (χ1v) is 6.82. The van der Waals surface area contributed by atoms with Crippen LogP contribution in [0.1, 0.15) is 21.8 Å². The standard InChI is InChI=1S/C12H15N5S/c1-8-11(18-7-15-8)6-17-3-2-10-9(5-17)4-14-12(13)16-10/h4,7H,2-3,5-6H2,1H3,(H2,13,14,16). The van der Waals surface area contributed by atoms with Gasteiger partial charge in [0.2, 0.25) is 5.95 Å². The molecule has 2 aromatic heterocycles. The summed E-state index contributed by atoms with van der Waals surface area (Å²) >= 11 is 1.72. The number of aryl methyl sites for hydroxylation is 1. The van der Waals surface area contributed by atoms with Crippen LogP contribution in [0.25, 0.3) is 0 Å². The summed E-state index contributed by atoms with van der Waals surface area (Å²) < 4.78 is 0. The SMILES string of the molecule is Cc1ncsc1CN1CCc2nc(N)ncc2C1. The molecule has 3 heterocycles. The van der Waals surface area contributed by atoms with E-state index in [4.69, 9.17) is 5.73 Å². The highest BCUT2D eigenvalue weighted by molar-refractivity contribution is 7.09. The third-order valence-electron chi connectivity index (χ3n) is 3.24. The fourth-order valence-electron chi connectivity index (χ4n) is 2.21. The van der Waals surface area contributed by atoms with Gasteiger partial charge in [-0.15, -0.1) is 11.3 Å². The molecule has 2 N–H and O–H groups in total. The van der Waals surface area contributed by atoms with Gasteiger partial charge in [-0.25, -0.2) is 15.0 Å². The van der Waals surface area contributed by atoms with E-state index >= 15 is 0 Å². The summed E-state index contributed by atoms with van der Waals surface area (Å²) in [5.74, 6) is 0.375. The van der Waals surface area contributed by atoms with Gasteiger partial charge in [0.25, 0.3) is 0 Å². The molecule has 0 bridgehead atoms. The van der Waals surface area contributed by atoms with Gasteiger partial charge in [0.1, 0.15) is 0 Å². The summed E-state index contributed by atoms with van der Waals surface area (Å²) in [5, 5.41) is 0. The van der Waals surface area contributed by atoms with Gasteiger partial charge >= 0.3 is 0 Å². The number of thiazole rings is 1. The van der Waals surface area contributed by atoms with Crippen molar-refractivity contribution in [1.82, 2.24) is 19.9 Å². The summed E-state index contributed by atoms with van der Waals surface area (Å²) in [6, 6.07) is 0. The molecule has 0 radical (unpaired) electrons. The average molecular weight is 261 g/mol. The molecule has 3 rings (SSSR count). The van der Waals surface area contributed by atoms with Crippen LogP contribution in [-0.4, -0.2) is 26.4 Å². The summed E-state index contributed by atoms with van der Waals surface area (Å²) in [5.41, 5.74) is 10.9. The maximum absolute atomic E-state index is 5.60. The lowest BCUT2D eigenvalue weighted by Gasteiger charge is -2.27. The zero-order valence-electron chi connectivity index (χ0n) is 10.3. The largest absolute Gasteiger partial charge is 0.368 e. The molecule has 0 spiro atoms. The van der Waals surface area contributed by atoms with E-state index in [1.807, 2.05) is 11.7 Å². The highest BCUT2D eigenvalue weighted by atomic mass is 32.1. The Bertz CT molecular complexity index is 565. The van der Waals surface area contributed by atoms with Gasteiger partial charge in [-0.3, -0.25) is 4.90 Å². The molecule has 0 atom stereocenters. The van der Waals surface area contributed by atoms with Crippen LogP contribution in [0.2, 0.25) is 0 Å². The van der Waals surface area contributed by atoms with E-state index in [2.05, 4.69) is 26.8 Å². The van der Waals surface area contributed by atoms with E-state index in [-0.39, 0.29) is 0 Å². The molecule has 0 aliphatic carbocycles. The summed E-state index contributed by atoms with van der Waals surface area (Å²) in [6.07, 6.45) is 2.79. The highest BCUT2D eigenvalue weighted by Gasteiger charge is 2.19. The molecule has 0 amide bonds. The Balaban J connectivity index is 1.75. The van der Waals surface area contributed by atoms with Crippen LogP contribution in [0.3, 0.4) is 0 Å². The quantitative estimate of drug-likeness (QED) is 0.884. The molecule has 2 aromatic rings. The molecule has 0 fully saturated rings. The molecular weight excluding hydrogens is 246 g/mol. The van der Waals surface area contributed by atoms with Gasteiger partial charge in [0, 0.05) is 42.7 Å². The minimum absolute atomic E-state index is 0.375. The zero-order valence-corrected chi connectivity index (χ0v) is 11.1. The van der Waals surface area contributed by atoms with Crippen LogP contribution in [0.15, 0.2) is 11.7 Å². The van der Waals surface area contributed by atoms with E-state index in [0.29, 0.717) is 5.95 Å². The van der Waals surface area contributed by atoms with E-state index in [9.17, 15) is 0 Å². The van der Waals surface area contributed by atoms with Crippen molar-refractivity contribution in [1.29, 1.82) is 0 Å². The first-order chi connectivity index (χ1) is 8.72. The molecule has 6 heteroatoms. The number of aromatic nitrogens is 3. The predicted octanol–water partition coefficient (Wildman–Crippen LogP) is 1.38. The Kier molecular flexibility index (Phi) is 2.97. The van der Waals surface area contributed by atoms with Crippen molar-refractivity contribution in [3.63, 3.8) is 0 Å². The fourth-order valence-corrected chi connectivity index (χ4v) is 3.02. The van der Waals surface area contributed by atoms with Gasteiger partial charge in [-0.1, -0.05) is 0 Å². The molecule has 1 aliphatic rings. The van der Waals surface area contributed by atoms with Crippen molar-refractivity contribution >= 4 is 17.3 Å². The maximum atomic E-state index is 5.60. The lowest BCUT2D eigenvalue weighted by molar-refractivity contribution is 0.244. The van der Waals surface area contributed by atoms with Gasteiger partial charge in [-0.2, -0.15) is 0 Å². The Morgan fingerprint density at radius 2 is 2.33 bits per heavy atom. The molecule has 0 unspecified atom stereocenters. The lowest BCUT2D eigenvalue weighted by atomic mass is 10.1. The Hall–Kier alpha value is -1.53. The smallest absolute Gasteiger partial charge is 0.220 e. The van der Waals surface area contributed by atoms with Crippen molar-refractivity contribution in [2.75, 3.05) is 12.3 Å². The fraction of sp³-hybridized carbons (Fsp3) is 0.417. The molecule has 94 valence electrons. The zero-order chi connectivity index (χ0) is 12.5. The molecule has 0 saturated heterocycles. The second kappa shape index (κ2) is 4.62. The van der Waals surface area contributed by atoms with E-state index in [1.165, 1.54) is 10.4 Å². The van der Waals surface area contributed by atoms with Crippen LogP contribution < -0.4 is 5.73 Å². The number of fused-ring (bicyclic) bond motifs is 1. The summed E-state index contributed by atoms with van der Waals surface area (Å²) in [7, 11) is 0. The minimum atomic E-state index is 0.375. The van der Waals surface area contributed by atoms with Crippen LogP contribution in [0.5, 0.6) is 0 Å². The number of nitrogens with two attached hydrogens (primary N) is 1.